The summed E-state index contributed by atoms with van der Waals surface area (Å²) in [5, 5.41) is 0.237. The van der Waals surface area contributed by atoms with E-state index in [9.17, 15) is 18.0 Å². The molecule has 0 aliphatic rings. The third-order valence-electron chi connectivity index (χ3n) is 4.01. The molecule has 0 saturated heterocycles. The zero-order valence-corrected chi connectivity index (χ0v) is 14.2. The van der Waals surface area contributed by atoms with Crippen LogP contribution in [0.4, 0.5) is 13.2 Å². The van der Waals surface area contributed by atoms with E-state index in [1.807, 2.05) is 0 Å². The number of aromatic amines is 1. The smallest absolute Gasteiger partial charge is 0.416 e. The van der Waals surface area contributed by atoms with Crippen molar-refractivity contribution in [1.82, 2.24) is 9.97 Å². The van der Waals surface area contributed by atoms with Crippen LogP contribution in [-0.2, 0) is 6.18 Å². The lowest BCUT2D eigenvalue weighted by molar-refractivity contribution is -0.138. The Balaban J connectivity index is 2.21. The number of fused-ring (bicyclic) bond motifs is 1. The highest BCUT2D eigenvalue weighted by molar-refractivity contribution is 5.87. The van der Waals surface area contributed by atoms with Gasteiger partial charge in [0.05, 0.1) is 25.3 Å². The van der Waals surface area contributed by atoms with Crippen molar-refractivity contribution >= 4 is 10.9 Å². The maximum atomic E-state index is 12.9. The van der Waals surface area contributed by atoms with Crippen LogP contribution >= 0.6 is 0 Å². The zero-order valence-electron chi connectivity index (χ0n) is 14.2. The molecule has 3 aromatic rings. The van der Waals surface area contributed by atoms with Gasteiger partial charge in [-0.2, -0.15) is 13.2 Å². The third kappa shape index (κ3) is 3.10. The summed E-state index contributed by atoms with van der Waals surface area (Å²) in [4.78, 5) is 19.4. The van der Waals surface area contributed by atoms with Crippen molar-refractivity contribution < 1.29 is 22.6 Å². The second-order valence-corrected chi connectivity index (χ2v) is 5.67. The van der Waals surface area contributed by atoms with Gasteiger partial charge < -0.3 is 14.5 Å². The predicted octanol–water partition coefficient (Wildman–Crippen LogP) is 3.93. The maximum absolute atomic E-state index is 12.9. The topological polar surface area (TPSA) is 64.2 Å². The average molecular weight is 364 g/mol. The summed E-state index contributed by atoms with van der Waals surface area (Å²) in [6.45, 7) is 1.36. The van der Waals surface area contributed by atoms with E-state index in [1.54, 1.807) is 12.1 Å². The standard InChI is InChI=1S/C18H15F3N2O3/c1-9-6-10(4-5-12(9)18(19,20)21)16-22-13-7-11(25-2)8-14(26-3)15(13)17(24)23-16/h4-8H,1-3H3,(H,22,23,24). The minimum atomic E-state index is -4.44. The molecule has 8 heteroatoms. The third-order valence-corrected chi connectivity index (χ3v) is 4.01. The lowest BCUT2D eigenvalue weighted by atomic mass is 10.0. The Kier molecular flexibility index (Phi) is 4.35. The van der Waals surface area contributed by atoms with Crippen molar-refractivity contribution in [2.75, 3.05) is 14.2 Å². The molecule has 1 N–H and O–H groups in total. The van der Waals surface area contributed by atoms with Crippen LogP contribution in [0.3, 0.4) is 0 Å². The van der Waals surface area contributed by atoms with Gasteiger partial charge in [0, 0.05) is 17.7 Å². The van der Waals surface area contributed by atoms with E-state index in [0.29, 0.717) is 22.6 Å². The molecule has 1 heterocycles. The van der Waals surface area contributed by atoms with Crippen molar-refractivity contribution in [2.45, 2.75) is 13.1 Å². The van der Waals surface area contributed by atoms with Crippen LogP contribution in [0.5, 0.6) is 11.5 Å². The fraction of sp³-hybridized carbons (Fsp3) is 0.222. The minimum Gasteiger partial charge on any atom is -0.497 e. The van der Waals surface area contributed by atoms with Gasteiger partial charge in [-0.1, -0.05) is 6.07 Å². The number of ether oxygens (including phenoxy) is 2. The Bertz CT molecular complexity index is 1040. The summed E-state index contributed by atoms with van der Waals surface area (Å²) < 4.78 is 49.1. The Hall–Kier alpha value is -3.03. The van der Waals surface area contributed by atoms with Crippen LogP contribution in [0.25, 0.3) is 22.3 Å². The number of benzene rings is 2. The molecule has 26 heavy (non-hydrogen) atoms. The SMILES string of the molecule is COc1cc(OC)c2c(=O)[nH]c(-c3ccc(C(F)(F)F)c(C)c3)nc2c1. The van der Waals surface area contributed by atoms with Gasteiger partial charge in [0.2, 0.25) is 0 Å². The van der Waals surface area contributed by atoms with Crippen LogP contribution in [-0.4, -0.2) is 24.2 Å². The fourth-order valence-corrected chi connectivity index (χ4v) is 2.76. The van der Waals surface area contributed by atoms with Gasteiger partial charge in [-0.25, -0.2) is 4.98 Å². The van der Waals surface area contributed by atoms with Gasteiger partial charge in [0.1, 0.15) is 22.7 Å². The molecule has 5 nitrogen and oxygen atoms in total. The highest BCUT2D eigenvalue weighted by atomic mass is 19.4. The van der Waals surface area contributed by atoms with Crippen molar-refractivity contribution in [3.63, 3.8) is 0 Å². The molecular formula is C18H15F3N2O3. The molecule has 0 aliphatic heterocycles. The molecule has 0 amide bonds. The number of methoxy groups -OCH3 is 2. The quantitative estimate of drug-likeness (QED) is 0.765. The van der Waals surface area contributed by atoms with Crippen LogP contribution in [0, 0.1) is 6.92 Å². The Morgan fingerprint density at radius 2 is 1.81 bits per heavy atom. The molecule has 3 rings (SSSR count). The monoisotopic (exact) mass is 364 g/mol. The average Bonchev–Trinajstić information content (AvgIpc) is 2.59. The number of halogens is 3. The number of hydrogen-bond donors (Lipinski definition) is 1. The molecule has 0 spiro atoms. The number of H-pyrrole nitrogens is 1. The number of hydrogen-bond acceptors (Lipinski definition) is 4. The van der Waals surface area contributed by atoms with Crippen LogP contribution in [0.2, 0.25) is 0 Å². The van der Waals surface area contributed by atoms with Gasteiger partial charge >= 0.3 is 6.18 Å². The van der Waals surface area contributed by atoms with Crippen LogP contribution in [0.1, 0.15) is 11.1 Å². The second-order valence-electron chi connectivity index (χ2n) is 5.67. The Labute approximate surface area is 146 Å². The summed E-state index contributed by atoms with van der Waals surface area (Å²) in [6.07, 6.45) is -4.44. The lowest BCUT2D eigenvalue weighted by Crippen LogP contribution is -2.12. The number of nitrogens with one attached hydrogen (secondary N) is 1. The molecule has 136 valence electrons. The summed E-state index contributed by atoms with van der Waals surface area (Å²) >= 11 is 0. The second kappa shape index (κ2) is 6.36. The molecule has 0 unspecified atom stereocenters. The van der Waals surface area contributed by atoms with Gasteiger partial charge in [0.15, 0.2) is 0 Å². The maximum Gasteiger partial charge on any atom is 0.416 e. The van der Waals surface area contributed by atoms with E-state index in [4.69, 9.17) is 9.47 Å². The first-order valence-corrected chi connectivity index (χ1v) is 7.59. The zero-order chi connectivity index (χ0) is 19.1. The first kappa shape index (κ1) is 17.8. The van der Waals surface area contributed by atoms with Crippen molar-refractivity contribution in [1.29, 1.82) is 0 Å². The summed E-state index contributed by atoms with van der Waals surface area (Å²) in [6, 6.07) is 6.71. The van der Waals surface area contributed by atoms with E-state index >= 15 is 0 Å². The summed E-state index contributed by atoms with van der Waals surface area (Å²) in [5.41, 5.74) is -0.454. The summed E-state index contributed by atoms with van der Waals surface area (Å²) in [7, 11) is 2.88. The molecule has 2 aromatic carbocycles. The molecule has 0 aliphatic carbocycles. The van der Waals surface area contributed by atoms with Crippen LogP contribution < -0.4 is 15.0 Å². The molecule has 0 radical (unpaired) electrons. The molecule has 0 atom stereocenters. The normalized spacial score (nSPS) is 11.6. The number of alkyl halides is 3. The fourth-order valence-electron chi connectivity index (χ4n) is 2.76. The molecule has 0 fully saturated rings. The van der Waals surface area contributed by atoms with E-state index in [1.165, 1.54) is 33.3 Å². The van der Waals surface area contributed by atoms with E-state index in [2.05, 4.69) is 9.97 Å². The lowest BCUT2D eigenvalue weighted by Gasteiger charge is -2.12. The van der Waals surface area contributed by atoms with Crippen molar-refractivity contribution in [3.05, 3.63) is 51.8 Å². The van der Waals surface area contributed by atoms with Crippen molar-refractivity contribution in [2.24, 2.45) is 0 Å². The molecular weight excluding hydrogens is 349 g/mol. The Morgan fingerprint density at radius 3 is 2.38 bits per heavy atom. The predicted molar refractivity (Wildman–Crippen MR) is 90.6 cm³/mol. The highest BCUT2D eigenvalue weighted by Gasteiger charge is 2.32. The molecule has 1 aromatic heterocycles. The van der Waals surface area contributed by atoms with Gasteiger partial charge in [-0.3, -0.25) is 4.79 Å². The van der Waals surface area contributed by atoms with E-state index in [-0.39, 0.29) is 16.8 Å². The number of nitrogens with zero attached hydrogens (tertiary/aromatic N) is 1. The minimum absolute atomic E-state index is 0.0426. The summed E-state index contributed by atoms with van der Waals surface area (Å²) in [5.74, 6) is 0.903. The van der Waals surface area contributed by atoms with Crippen molar-refractivity contribution in [3.8, 4) is 22.9 Å². The van der Waals surface area contributed by atoms with Gasteiger partial charge in [-0.15, -0.1) is 0 Å². The number of aromatic nitrogens is 2. The molecule has 0 bridgehead atoms. The Morgan fingerprint density at radius 1 is 1.08 bits per heavy atom. The number of aryl methyl sites for hydroxylation is 1. The first-order valence-electron chi connectivity index (χ1n) is 7.59. The molecule has 0 saturated carbocycles. The van der Waals surface area contributed by atoms with Gasteiger partial charge in [-0.05, 0) is 24.6 Å². The van der Waals surface area contributed by atoms with Crippen LogP contribution in [0.15, 0.2) is 35.1 Å². The highest BCUT2D eigenvalue weighted by Crippen LogP contribution is 2.34. The largest absolute Gasteiger partial charge is 0.497 e. The number of rotatable bonds is 3. The van der Waals surface area contributed by atoms with Gasteiger partial charge in [0.25, 0.3) is 5.56 Å². The first-order chi connectivity index (χ1) is 12.2. The van der Waals surface area contributed by atoms with E-state index in [0.717, 1.165) is 6.07 Å². The van der Waals surface area contributed by atoms with E-state index < -0.39 is 17.3 Å².